The van der Waals surface area contributed by atoms with E-state index in [2.05, 4.69) is 25.8 Å². The van der Waals surface area contributed by atoms with Gasteiger partial charge in [0.05, 0.1) is 0 Å². The summed E-state index contributed by atoms with van der Waals surface area (Å²) in [5.74, 6) is 0. The lowest BCUT2D eigenvalue weighted by Gasteiger charge is -2.44. The Morgan fingerprint density at radius 3 is 2.18 bits per heavy atom. The molecule has 0 aromatic rings. The zero-order valence-corrected chi connectivity index (χ0v) is 8.19. The summed E-state index contributed by atoms with van der Waals surface area (Å²) in [7, 11) is 2.28. The molecule has 0 aromatic heterocycles. The monoisotopic (exact) mass is 155 g/mol. The van der Waals surface area contributed by atoms with Crippen molar-refractivity contribution in [2.45, 2.75) is 51.5 Å². The van der Waals surface area contributed by atoms with Gasteiger partial charge in [0.1, 0.15) is 0 Å². The molecule has 1 rings (SSSR count). The lowest BCUT2D eigenvalue weighted by atomic mass is 9.82. The summed E-state index contributed by atoms with van der Waals surface area (Å²) in [6, 6.07) is 0. The SMILES string of the molecule is CCC1(CC)CCCCN1C. The van der Waals surface area contributed by atoms with Gasteiger partial charge in [-0.15, -0.1) is 0 Å². The van der Waals surface area contributed by atoms with Gasteiger partial charge >= 0.3 is 0 Å². The van der Waals surface area contributed by atoms with E-state index in [1.165, 1.54) is 38.6 Å². The predicted molar refractivity (Wildman–Crippen MR) is 49.8 cm³/mol. The van der Waals surface area contributed by atoms with Crippen LogP contribution in [0.15, 0.2) is 0 Å². The van der Waals surface area contributed by atoms with Crippen molar-refractivity contribution in [2.24, 2.45) is 0 Å². The predicted octanol–water partition coefficient (Wildman–Crippen LogP) is 2.66. The summed E-state index contributed by atoms with van der Waals surface area (Å²) in [6.07, 6.45) is 6.89. The lowest BCUT2D eigenvalue weighted by Crippen LogP contribution is -2.48. The van der Waals surface area contributed by atoms with Crippen molar-refractivity contribution in [2.75, 3.05) is 13.6 Å². The first-order valence-electron chi connectivity index (χ1n) is 4.96. The second-order valence-corrected chi connectivity index (χ2v) is 3.81. The van der Waals surface area contributed by atoms with Crippen molar-refractivity contribution in [1.29, 1.82) is 0 Å². The first-order chi connectivity index (χ1) is 5.25. The average molecular weight is 155 g/mol. The molecule has 0 amide bonds. The molecule has 1 heteroatoms. The van der Waals surface area contributed by atoms with E-state index < -0.39 is 0 Å². The van der Waals surface area contributed by atoms with Crippen molar-refractivity contribution in [3.8, 4) is 0 Å². The van der Waals surface area contributed by atoms with Crippen LogP contribution in [-0.2, 0) is 0 Å². The third-order valence-corrected chi connectivity index (χ3v) is 3.51. The summed E-state index contributed by atoms with van der Waals surface area (Å²) >= 11 is 0. The first kappa shape index (κ1) is 9.05. The molecule has 1 aliphatic rings. The Hall–Kier alpha value is -0.0400. The highest BCUT2D eigenvalue weighted by Gasteiger charge is 2.32. The third-order valence-electron chi connectivity index (χ3n) is 3.51. The van der Waals surface area contributed by atoms with Crippen molar-refractivity contribution in [3.63, 3.8) is 0 Å². The highest BCUT2D eigenvalue weighted by molar-refractivity contribution is 4.89. The fraction of sp³-hybridized carbons (Fsp3) is 1.00. The van der Waals surface area contributed by atoms with Gasteiger partial charge < -0.3 is 4.90 Å². The van der Waals surface area contributed by atoms with E-state index in [1.54, 1.807) is 0 Å². The van der Waals surface area contributed by atoms with E-state index in [9.17, 15) is 0 Å². The number of rotatable bonds is 2. The second-order valence-electron chi connectivity index (χ2n) is 3.81. The molecule has 1 fully saturated rings. The minimum Gasteiger partial charge on any atom is -0.301 e. The fourth-order valence-electron chi connectivity index (χ4n) is 2.37. The maximum Gasteiger partial charge on any atom is 0.0201 e. The summed E-state index contributed by atoms with van der Waals surface area (Å²) in [5.41, 5.74) is 0.554. The topological polar surface area (TPSA) is 3.24 Å². The molecule has 0 aromatic carbocycles. The second kappa shape index (κ2) is 3.57. The number of hydrogen-bond donors (Lipinski definition) is 0. The Kier molecular flexibility index (Phi) is 2.94. The Morgan fingerprint density at radius 1 is 1.18 bits per heavy atom. The van der Waals surface area contributed by atoms with Crippen LogP contribution in [0.4, 0.5) is 0 Å². The van der Waals surface area contributed by atoms with Gasteiger partial charge in [-0.2, -0.15) is 0 Å². The Labute approximate surface area is 70.8 Å². The van der Waals surface area contributed by atoms with Crippen molar-refractivity contribution in [1.82, 2.24) is 4.90 Å². The lowest BCUT2D eigenvalue weighted by molar-refractivity contribution is 0.0651. The third kappa shape index (κ3) is 1.58. The highest BCUT2D eigenvalue weighted by atomic mass is 15.2. The van der Waals surface area contributed by atoms with Crippen LogP contribution in [0.5, 0.6) is 0 Å². The van der Waals surface area contributed by atoms with Crippen LogP contribution in [0.25, 0.3) is 0 Å². The van der Waals surface area contributed by atoms with Crippen LogP contribution < -0.4 is 0 Å². The zero-order chi connectivity index (χ0) is 8.32. The summed E-state index contributed by atoms with van der Waals surface area (Å²) in [6.45, 7) is 5.96. The minimum absolute atomic E-state index is 0.554. The standard InChI is InChI=1S/C10H21N/c1-4-10(5-2)8-6-7-9-11(10)3/h4-9H2,1-3H3. The van der Waals surface area contributed by atoms with Crippen molar-refractivity contribution in [3.05, 3.63) is 0 Å². The number of likely N-dealkylation sites (tertiary alicyclic amines) is 1. The number of hydrogen-bond acceptors (Lipinski definition) is 1. The zero-order valence-electron chi connectivity index (χ0n) is 8.19. The molecule has 1 saturated heterocycles. The minimum atomic E-state index is 0.554. The van der Waals surface area contributed by atoms with Crippen LogP contribution in [0.1, 0.15) is 46.0 Å². The number of nitrogens with zero attached hydrogens (tertiary/aromatic N) is 1. The molecule has 0 unspecified atom stereocenters. The van der Waals surface area contributed by atoms with E-state index in [-0.39, 0.29) is 0 Å². The van der Waals surface area contributed by atoms with Gasteiger partial charge in [-0.1, -0.05) is 20.3 Å². The van der Waals surface area contributed by atoms with Crippen molar-refractivity contribution < 1.29 is 0 Å². The molecular formula is C10H21N. The molecule has 0 bridgehead atoms. The van der Waals surface area contributed by atoms with Gasteiger partial charge in [0.15, 0.2) is 0 Å². The molecule has 1 heterocycles. The summed E-state index contributed by atoms with van der Waals surface area (Å²) in [4.78, 5) is 2.57. The number of piperidine rings is 1. The molecule has 0 N–H and O–H groups in total. The molecule has 0 atom stereocenters. The summed E-state index contributed by atoms with van der Waals surface area (Å²) < 4.78 is 0. The molecule has 1 aliphatic heterocycles. The van der Waals surface area contributed by atoms with Crippen LogP contribution >= 0.6 is 0 Å². The Balaban J connectivity index is 2.61. The first-order valence-corrected chi connectivity index (χ1v) is 4.96. The molecule has 0 radical (unpaired) electrons. The van der Waals surface area contributed by atoms with Gasteiger partial charge in [-0.05, 0) is 39.3 Å². The normalized spacial score (nSPS) is 25.4. The molecule has 66 valence electrons. The van der Waals surface area contributed by atoms with Gasteiger partial charge in [0.2, 0.25) is 0 Å². The van der Waals surface area contributed by atoms with Crippen LogP contribution in [0.3, 0.4) is 0 Å². The molecule has 0 saturated carbocycles. The van der Waals surface area contributed by atoms with Crippen molar-refractivity contribution >= 4 is 0 Å². The maximum atomic E-state index is 2.57. The smallest absolute Gasteiger partial charge is 0.0201 e. The fourth-order valence-corrected chi connectivity index (χ4v) is 2.37. The van der Waals surface area contributed by atoms with Gasteiger partial charge in [-0.25, -0.2) is 0 Å². The Bertz CT molecular complexity index is 116. The van der Waals surface area contributed by atoms with E-state index >= 15 is 0 Å². The molecular weight excluding hydrogens is 134 g/mol. The molecule has 11 heavy (non-hydrogen) atoms. The largest absolute Gasteiger partial charge is 0.301 e. The quantitative estimate of drug-likeness (QED) is 0.592. The van der Waals surface area contributed by atoms with E-state index in [4.69, 9.17) is 0 Å². The van der Waals surface area contributed by atoms with Gasteiger partial charge in [0, 0.05) is 5.54 Å². The maximum absolute atomic E-state index is 2.57. The molecule has 0 aliphatic carbocycles. The van der Waals surface area contributed by atoms with E-state index in [0.29, 0.717) is 5.54 Å². The highest BCUT2D eigenvalue weighted by Crippen LogP contribution is 2.32. The van der Waals surface area contributed by atoms with Gasteiger partial charge in [-0.3, -0.25) is 0 Å². The Morgan fingerprint density at radius 2 is 1.82 bits per heavy atom. The van der Waals surface area contributed by atoms with Gasteiger partial charge in [0.25, 0.3) is 0 Å². The molecule has 1 nitrogen and oxygen atoms in total. The molecule has 0 spiro atoms. The summed E-state index contributed by atoms with van der Waals surface area (Å²) in [5, 5.41) is 0. The van der Waals surface area contributed by atoms with Crippen LogP contribution in [-0.4, -0.2) is 24.0 Å². The van der Waals surface area contributed by atoms with E-state index in [1.807, 2.05) is 0 Å². The van der Waals surface area contributed by atoms with E-state index in [0.717, 1.165) is 0 Å². The van der Waals surface area contributed by atoms with Crippen LogP contribution in [0.2, 0.25) is 0 Å². The average Bonchev–Trinajstić information content (AvgIpc) is 2.06. The van der Waals surface area contributed by atoms with Crippen LogP contribution in [0, 0.1) is 0 Å².